The molecule has 13 heavy (non-hydrogen) atoms. The molecule has 0 aromatic carbocycles. The maximum Gasteiger partial charge on any atom is 0.144 e. The molecular weight excluding hydrogens is 169 g/mol. The Bertz CT molecular complexity index is 352. The molecule has 1 rings (SSSR count). The van der Waals surface area contributed by atoms with Gasteiger partial charge in [0.05, 0.1) is 5.69 Å². The van der Waals surface area contributed by atoms with Gasteiger partial charge < -0.3 is 4.74 Å². The third kappa shape index (κ3) is 2.85. The normalized spacial score (nSPS) is 9.15. The Labute approximate surface area is 76.8 Å². The monoisotopic (exact) mass is 179 g/mol. The number of aryl methyl sites for hydroxylation is 1. The largest absolute Gasteiger partial charge is 0.372 e. The van der Waals surface area contributed by atoms with Crippen molar-refractivity contribution < 1.29 is 9.13 Å². The summed E-state index contributed by atoms with van der Waals surface area (Å²) >= 11 is 0. The Morgan fingerprint density at radius 1 is 1.54 bits per heavy atom. The summed E-state index contributed by atoms with van der Waals surface area (Å²) in [4.78, 5) is 3.94. The molecule has 0 spiro atoms. The van der Waals surface area contributed by atoms with E-state index >= 15 is 0 Å². The molecular formula is C10H10FNO. The average Bonchev–Trinajstić information content (AvgIpc) is 2.12. The predicted molar refractivity (Wildman–Crippen MR) is 47.7 cm³/mol. The maximum atomic E-state index is 12.8. The summed E-state index contributed by atoms with van der Waals surface area (Å²) in [5.41, 5.74) is 0.931. The highest BCUT2D eigenvalue weighted by molar-refractivity contribution is 5.28. The Morgan fingerprint density at radius 3 is 2.92 bits per heavy atom. The molecule has 2 nitrogen and oxygen atoms in total. The number of methoxy groups -OCH3 is 1. The quantitative estimate of drug-likeness (QED) is 0.610. The second kappa shape index (κ2) is 4.58. The lowest BCUT2D eigenvalue weighted by molar-refractivity contribution is 0.240. The van der Waals surface area contributed by atoms with Gasteiger partial charge in [0.25, 0.3) is 0 Å². The third-order valence-corrected chi connectivity index (χ3v) is 1.45. The number of pyridine rings is 1. The summed E-state index contributed by atoms with van der Waals surface area (Å²) < 4.78 is 17.5. The fourth-order valence-corrected chi connectivity index (χ4v) is 0.812. The highest BCUT2D eigenvalue weighted by Gasteiger charge is 1.97. The van der Waals surface area contributed by atoms with Crippen LogP contribution in [0.25, 0.3) is 0 Å². The Kier molecular flexibility index (Phi) is 3.41. The summed E-state index contributed by atoms with van der Waals surface area (Å²) in [6.45, 7) is 1.97. The van der Waals surface area contributed by atoms with Gasteiger partial charge in [-0.25, -0.2) is 9.37 Å². The van der Waals surface area contributed by atoms with E-state index in [4.69, 9.17) is 4.74 Å². The maximum absolute atomic E-state index is 12.8. The van der Waals surface area contributed by atoms with Crippen molar-refractivity contribution >= 4 is 0 Å². The van der Waals surface area contributed by atoms with Crippen molar-refractivity contribution in [3.63, 3.8) is 0 Å². The molecule has 1 aromatic heterocycles. The van der Waals surface area contributed by atoms with Gasteiger partial charge in [0.1, 0.15) is 18.1 Å². The lowest BCUT2D eigenvalue weighted by Crippen LogP contribution is -1.91. The zero-order valence-corrected chi connectivity index (χ0v) is 7.60. The highest BCUT2D eigenvalue weighted by Crippen LogP contribution is 2.02. The van der Waals surface area contributed by atoms with E-state index < -0.39 is 0 Å². The van der Waals surface area contributed by atoms with Gasteiger partial charge in [-0.05, 0) is 25.0 Å². The van der Waals surface area contributed by atoms with Crippen LogP contribution < -0.4 is 0 Å². The van der Waals surface area contributed by atoms with Gasteiger partial charge in [0.15, 0.2) is 0 Å². The van der Waals surface area contributed by atoms with Crippen LogP contribution in [0.15, 0.2) is 12.1 Å². The van der Waals surface area contributed by atoms with E-state index in [0.29, 0.717) is 18.0 Å². The van der Waals surface area contributed by atoms with Crippen molar-refractivity contribution in [3.8, 4) is 11.8 Å². The van der Waals surface area contributed by atoms with Crippen molar-refractivity contribution in [2.24, 2.45) is 0 Å². The van der Waals surface area contributed by atoms with Gasteiger partial charge in [0.2, 0.25) is 0 Å². The van der Waals surface area contributed by atoms with Gasteiger partial charge in [-0.1, -0.05) is 5.92 Å². The van der Waals surface area contributed by atoms with Crippen LogP contribution in [0.4, 0.5) is 4.39 Å². The van der Waals surface area contributed by atoms with E-state index in [1.165, 1.54) is 6.07 Å². The van der Waals surface area contributed by atoms with Crippen molar-refractivity contribution in [1.82, 2.24) is 4.98 Å². The zero-order chi connectivity index (χ0) is 9.68. The average molecular weight is 179 g/mol. The fourth-order valence-electron chi connectivity index (χ4n) is 0.812. The number of rotatable bonds is 1. The number of hydrogen-bond donors (Lipinski definition) is 0. The molecule has 0 N–H and O–H groups in total. The van der Waals surface area contributed by atoms with Gasteiger partial charge in [-0.2, -0.15) is 0 Å². The second-order valence-corrected chi connectivity index (χ2v) is 2.50. The van der Waals surface area contributed by atoms with Gasteiger partial charge >= 0.3 is 0 Å². The summed E-state index contributed by atoms with van der Waals surface area (Å²) in [7, 11) is 1.57. The van der Waals surface area contributed by atoms with E-state index in [0.717, 1.165) is 0 Å². The van der Waals surface area contributed by atoms with E-state index in [-0.39, 0.29) is 5.82 Å². The minimum absolute atomic E-state index is 0.308. The molecule has 0 aliphatic heterocycles. The molecule has 0 saturated heterocycles. The van der Waals surface area contributed by atoms with Gasteiger partial charge in [-0.3, -0.25) is 0 Å². The molecule has 1 heterocycles. The van der Waals surface area contributed by atoms with Crippen LogP contribution in [0.2, 0.25) is 0 Å². The SMILES string of the molecule is COCC#Cc1ccc(F)c(C)n1. The Balaban J connectivity index is 2.81. The zero-order valence-electron chi connectivity index (χ0n) is 7.60. The topological polar surface area (TPSA) is 22.1 Å². The summed E-state index contributed by atoms with van der Waals surface area (Å²) in [5.74, 6) is 5.19. The molecule has 0 aliphatic carbocycles. The number of hydrogen-bond acceptors (Lipinski definition) is 2. The second-order valence-electron chi connectivity index (χ2n) is 2.50. The smallest absolute Gasteiger partial charge is 0.144 e. The minimum Gasteiger partial charge on any atom is -0.372 e. The van der Waals surface area contributed by atoms with Crippen LogP contribution >= 0.6 is 0 Å². The number of aromatic nitrogens is 1. The lowest BCUT2D eigenvalue weighted by atomic mass is 10.3. The molecule has 0 amide bonds. The van der Waals surface area contributed by atoms with Gasteiger partial charge in [-0.15, -0.1) is 0 Å². The van der Waals surface area contributed by atoms with Crippen LogP contribution in [0.5, 0.6) is 0 Å². The number of nitrogens with zero attached hydrogens (tertiary/aromatic N) is 1. The summed E-state index contributed by atoms with van der Waals surface area (Å²) in [6.07, 6.45) is 0. The Morgan fingerprint density at radius 2 is 2.31 bits per heavy atom. The molecule has 0 atom stereocenters. The van der Waals surface area contributed by atoms with Crippen LogP contribution in [-0.2, 0) is 4.74 Å². The van der Waals surface area contributed by atoms with E-state index in [9.17, 15) is 4.39 Å². The molecule has 0 fully saturated rings. The summed E-state index contributed by atoms with van der Waals surface area (Å²) in [5, 5.41) is 0. The van der Waals surface area contributed by atoms with Gasteiger partial charge in [0, 0.05) is 7.11 Å². The fraction of sp³-hybridized carbons (Fsp3) is 0.300. The van der Waals surface area contributed by atoms with E-state index in [1.54, 1.807) is 20.1 Å². The molecule has 0 bridgehead atoms. The molecule has 1 aromatic rings. The highest BCUT2D eigenvalue weighted by atomic mass is 19.1. The van der Waals surface area contributed by atoms with Crippen LogP contribution in [0, 0.1) is 24.6 Å². The lowest BCUT2D eigenvalue weighted by Gasteiger charge is -1.94. The predicted octanol–water partition coefficient (Wildman–Crippen LogP) is 1.53. The molecule has 0 aliphatic rings. The summed E-state index contributed by atoms with van der Waals surface area (Å²) in [6, 6.07) is 2.91. The molecule has 0 saturated carbocycles. The Hall–Kier alpha value is -1.40. The van der Waals surface area contributed by atoms with Crippen LogP contribution in [0.3, 0.4) is 0 Å². The number of ether oxygens (including phenoxy) is 1. The number of halogens is 1. The van der Waals surface area contributed by atoms with E-state index in [2.05, 4.69) is 16.8 Å². The first-order valence-corrected chi connectivity index (χ1v) is 3.85. The first kappa shape index (κ1) is 9.69. The molecule has 3 heteroatoms. The third-order valence-electron chi connectivity index (χ3n) is 1.45. The first-order chi connectivity index (χ1) is 6.24. The van der Waals surface area contributed by atoms with Crippen molar-refractivity contribution in [2.45, 2.75) is 6.92 Å². The van der Waals surface area contributed by atoms with Crippen LogP contribution in [0.1, 0.15) is 11.4 Å². The van der Waals surface area contributed by atoms with Crippen molar-refractivity contribution in [3.05, 3.63) is 29.3 Å². The molecule has 0 unspecified atom stereocenters. The van der Waals surface area contributed by atoms with E-state index in [1.807, 2.05) is 0 Å². The minimum atomic E-state index is -0.308. The molecule has 0 radical (unpaired) electrons. The van der Waals surface area contributed by atoms with Crippen molar-refractivity contribution in [1.29, 1.82) is 0 Å². The first-order valence-electron chi connectivity index (χ1n) is 3.85. The molecule has 68 valence electrons. The standard InChI is InChI=1S/C10H10FNO/c1-8-10(11)6-5-9(12-8)4-3-7-13-2/h5-6H,7H2,1-2H3. The van der Waals surface area contributed by atoms with Crippen molar-refractivity contribution in [2.75, 3.05) is 13.7 Å². The van der Waals surface area contributed by atoms with Crippen LogP contribution in [-0.4, -0.2) is 18.7 Å².